The highest BCUT2D eigenvalue weighted by molar-refractivity contribution is 5.77. The molecular formula is C14H19NO2. The molecule has 0 radical (unpaired) electrons. The quantitative estimate of drug-likeness (QED) is 0.731. The minimum atomic E-state index is -0.354. The van der Waals surface area contributed by atoms with Crippen LogP contribution in [0.15, 0.2) is 30.3 Å². The molecule has 3 nitrogen and oxygen atoms in total. The van der Waals surface area contributed by atoms with E-state index in [0.29, 0.717) is 6.54 Å². The van der Waals surface area contributed by atoms with Crippen LogP contribution in [0.1, 0.15) is 26.3 Å². The van der Waals surface area contributed by atoms with Gasteiger partial charge in [-0.05, 0) is 11.5 Å². The van der Waals surface area contributed by atoms with Gasteiger partial charge in [-0.25, -0.2) is 0 Å². The predicted octanol–water partition coefficient (Wildman–Crippen LogP) is 2.26. The number of nitrogens with zero attached hydrogens (tertiary/aromatic N) is 1. The van der Waals surface area contributed by atoms with Crippen molar-refractivity contribution in [1.29, 1.82) is 0 Å². The third kappa shape index (κ3) is 3.70. The Bertz CT molecular complexity index is 373. The van der Waals surface area contributed by atoms with E-state index in [-0.39, 0.29) is 17.9 Å². The highest BCUT2D eigenvalue weighted by Crippen LogP contribution is 2.13. The van der Waals surface area contributed by atoms with Gasteiger partial charge in [0.2, 0.25) is 5.91 Å². The van der Waals surface area contributed by atoms with Crippen LogP contribution in [0.3, 0.4) is 0 Å². The molecule has 0 spiro atoms. The van der Waals surface area contributed by atoms with E-state index in [0.717, 1.165) is 11.8 Å². The zero-order valence-corrected chi connectivity index (χ0v) is 10.6. The molecule has 0 N–H and O–H groups in total. The van der Waals surface area contributed by atoms with E-state index < -0.39 is 0 Å². The van der Waals surface area contributed by atoms with Crippen LogP contribution < -0.4 is 0 Å². The Hall–Kier alpha value is -1.64. The molecule has 17 heavy (non-hydrogen) atoms. The van der Waals surface area contributed by atoms with Crippen molar-refractivity contribution in [2.45, 2.75) is 33.4 Å². The molecule has 1 amide bonds. The first-order chi connectivity index (χ1) is 8.06. The summed E-state index contributed by atoms with van der Waals surface area (Å²) >= 11 is 0. The van der Waals surface area contributed by atoms with Crippen molar-refractivity contribution in [1.82, 2.24) is 4.90 Å². The molecule has 0 unspecified atom stereocenters. The minimum absolute atomic E-state index is 0.0698. The van der Waals surface area contributed by atoms with Crippen LogP contribution in [0.2, 0.25) is 0 Å². The van der Waals surface area contributed by atoms with E-state index in [9.17, 15) is 9.59 Å². The van der Waals surface area contributed by atoms with Crippen LogP contribution in [-0.4, -0.2) is 23.1 Å². The Morgan fingerprint density at radius 1 is 1.29 bits per heavy atom. The first-order valence-corrected chi connectivity index (χ1v) is 5.82. The molecule has 1 aromatic rings. The van der Waals surface area contributed by atoms with Crippen LogP contribution in [0.4, 0.5) is 0 Å². The summed E-state index contributed by atoms with van der Waals surface area (Å²) in [5, 5.41) is 0. The van der Waals surface area contributed by atoms with Crippen molar-refractivity contribution < 1.29 is 9.59 Å². The lowest BCUT2D eigenvalue weighted by molar-refractivity contribution is -0.136. The molecule has 0 aliphatic carbocycles. The first-order valence-electron chi connectivity index (χ1n) is 5.82. The Balaban J connectivity index is 2.87. The zero-order valence-electron chi connectivity index (χ0n) is 10.6. The van der Waals surface area contributed by atoms with Crippen molar-refractivity contribution in [2.24, 2.45) is 5.92 Å². The van der Waals surface area contributed by atoms with Gasteiger partial charge < -0.3 is 9.69 Å². The second-order valence-electron chi connectivity index (χ2n) is 4.50. The highest BCUT2D eigenvalue weighted by atomic mass is 16.2. The van der Waals surface area contributed by atoms with Gasteiger partial charge in [-0.15, -0.1) is 0 Å². The molecule has 92 valence electrons. The maximum atomic E-state index is 11.6. The third-order valence-electron chi connectivity index (χ3n) is 2.78. The summed E-state index contributed by atoms with van der Waals surface area (Å²) in [5.41, 5.74) is 1.04. The van der Waals surface area contributed by atoms with Crippen molar-refractivity contribution in [3.8, 4) is 0 Å². The number of carbonyl (C=O) groups is 2. The maximum Gasteiger partial charge on any atom is 0.220 e. The summed E-state index contributed by atoms with van der Waals surface area (Å²) in [4.78, 5) is 24.3. The second kappa shape index (κ2) is 6.18. The van der Waals surface area contributed by atoms with Crippen LogP contribution in [-0.2, 0) is 16.1 Å². The normalized spacial score (nSPS) is 12.2. The molecule has 1 atom stereocenters. The largest absolute Gasteiger partial charge is 0.329 e. The molecule has 0 aliphatic heterocycles. The number of carbonyl (C=O) groups excluding carboxylic acids is 2. The smallest absolute Gasteiger partial charge is 0.220 e. The SMILES string of the molecule is CC(=O)N(Cc1ccccc1)[C@H](C=O)C(C)C. The molecule has 0 aromatic heterocycles. The molecule has 3 heteroatoms. The monoisotopic (exact) mass is 233 g/mol. The Morgan fingerprint density at radius 2 is 1.88 bits per heavy atom. The van der Waals surface area contributed by atoms with Gasteiger partial charge in [0.05, 0.1) is 6.04 Å². The summed E-state index contributed by atoms with van der Waals surface area (Å²) in [5.74, 6) is 0.0553. The number of hydrogen-bond acceptors (Lipinski definition) is 2. The number of amides is 1. The van der Waals surface area contributed by atoms with Crippen molar-refractivity contribution in [3.63, 3.8) is 0 Å². The van der Waals surface area contributed by atoms with Gasteiger partial charge in [0, 0.05) is 13.5 Å². The fourth-order valence-corrected chi connectivity index (χ4v) is 1.80. The predicted molar refractivity (Wildman–Crippen MR) is 67.4 cm³/mol. The molecule has 0 aliphatic rings. The average molecular weight is 233 g/mol. The summed E-state index contributed by atoms with van der Waals surface area (Å²) in [6, 6.07) is 9.35. The molecule has 0 heterocycles. The molecule has 0 saturated carbocycles. The van der Waals surface area contributed by atoms with Crippen LogP contribution in [0.5, 0.6) is 0 Å². The Kier molecular flexibility index (Phi) is 4.88. The van der Waals surface area contributed by atoms with Gasteiger partial charge in [-0.1, -0.05) is 44.2 Å². The summed E-state index contributed by atoms with van der Waals surface area (Å²) < 4.78 is 0. The fraction of sp³-hybridized carbons (Fsp3) is 0.429. The second-order valence-corrected chi connectivity index (χ2v) is 4.50. The number of rotatable bonds is 5. The minimum Gasteiger partial charge on any atom is -0.329 e. The molecule has 0 bridgehead atoms. The summed E-state index contributed by atoms with van der Waals surface area (Å²) in [7, 11) is 0. The topological polar surface area (TPSA) is 37.4 Å². The lowest BCUT2D eigenvalue weighted by atomic mass is 10.0. The molecule has 1 rings (SSSR count). The Morgan fingerprint density at radius 3 is 2.29 bits per heavy atom. The summed E-state index contributed by atoms with van der Waals surface area (Å²) in [6.45, 7) is 5.87. The molecule has 0 saturated heterocycles. The van der Waals surface area contributed by atoms with Gasteiger partial charge in [0.15, 0.2) is 0 Å². The van der Waals surface area contributed by atoms with E-state index in [1.165, 1.54) is 6.92 Å². The van der Waals surface area contributed by atoms with E-state index in [1.807, 2.05) is 44.2 Å². The molecule has 0 fully saturated rings. The van der Waals surface area contributed by atoms with Gasteiger partial charge >= 0.3 is 0 Å². The summed E-state index contributed by atoms with van der Waals surface area (Å²) in [6.07, 6.45) is 0.856. The number of benzene rings is 1. The standard InChI is InChI=1S/C14H19NO2/c1-11(2)14(10-16)15(12(3)17)9-13-7-5-4-6-8-13/h4-8,10-11,14H,9H2,1-3H3/t14-/m1/s1. The van der Waals surface area contributed by atoms with Crippen LogP contribution in [0.25, 0.3) is 0 Å². The van der Waals surface area contributed by atoms with Gasteiger partial charge in [-0.2, -0.15) is 0 Å². The van der Waals surface area contributed by atoms with Crippen LogP contribution >= 0.6 is 0 Å². The lowest BCUT2D eigenvalue weighted by Crippen LogP contribution is -2.42. The average Bonchev–Trinajstić information content (AvgIpc) is 2.29. The number of hydrogen-bond donors (Lipinski definition) is 0. The van der Waals surface area contributed by atoms with Gasteiger partial charge in [0.25, 0.3) is 0 Å². The van der Waals surface area contributed by atoms with E-state index >= 15 is 0 Å². The third-order valence-corrected chi connectivity index (χ3v) is 2.78. The number of aldehydes is 1. The Labute approximate surface area is 102 Å². The zero-order chi connectivity index (χ0) is 12.8. The van der Waals surface area contributed by atoms with Crippen molar-refractivity contribution in [2.75, 3.05) is 0 Å². The van der Waals surface area contributed by atoms with E-state index in [4.69, 9.17) is 0 Å². The van der Waals surface area contributed by atoms with Gasteiger partial charge in [-0.3, -0.25) is 4.79 Å². The first kappa shape index (κ1) is 13.4. The van der Waals surface area contributed by atoms with Gasteiger partial charge in [0.1, 0.15) is 6.29 Å². The van der Waals surface area contributed by atoms with Crippen molar-refractivity contribution in [3.05, 3.63) is 35.9 Å². The van der Waals surface area contributed by atoms with E-state index in [1.54, 1.807) is 4.90 Å². The fourth-order valence-electron chi connectivity index (χ4n) is 1.80. The van der Waals surface area contributed by atoms with Crippen molar-refractivity contribution >= 4 is 12.2 Å². The van der Waals surface area contributed by atoms with Crippen LogP contribution in [0, 0.1) is 5.92 Å². The molecule has 1 aromatic carbocycles. The molecular weight excluding hydrogens is 214 g/mol. The highest BCUT2D eigenvalue weighted by Gasteiger charge is 2.23. The maximum absolute atomic E-state index is 11.6. The lowest BCUT2D eigenvalue weighted by Gasteiger charge is -2.29. The van der Waals surface area contributed by atoms with E-state index in [2.05, 4.69) is 0 Å².